The molecular weight excluding hydrogens is 501 g/mol. The standard InChI is InChI=1S/C30H52N2OS3/c1-6-8-10-12-14-16-18-24-20-21-25(19-17-15-13-11-9-7-2)36-28(24)29(33)32-27-26(34-4)22-23(3)31-30(27)35-5/h22,24-25,28H,6-21H2,1-5H3,(H,32,33). The van der Waals surface area contributed by atoms with E-state index >= 15 is 0 Å². The monoisotopic (exact) mass is 552 g/mol. The van der Waals surface area contributed by atoms with Crippen molar-refractivity contribution >= 4 is 46.9 Å². The fourth-order valence-electron chi connectivity index (χ4n) is 5.29. The van der Waals surface area contributed by atoms with Crippen molar-refractivity contribution in [3.05, 3.63) is 11.8 Å². The van der Waals surface area contributed by atoms with Gasteiger partial charge in [-0.25, -0.2) is 4.98 Å². The average Bonchev–Trinajstić information content (AvgIpc) is 2.89. The van der Waals surface area contributed by atoms with Crippen molar-refractivity contribution < 1.29 is 4.79 Å². The van der Waals surface area contributed by atoms with Crippen LogP contribution in [-0.4, -0.2) is 33.9 Å². The van der Waals surface area contributed by atoms with Gasteiger partial charge in [0.05, 0.1) is 10.9 Å². The molecule has 1 fully saturated rings. The van der Waals surface area contributed by atoms with Gasteiger partial charge in [0.25, 0.3) is 0 Å². The number of hydrogen-bond acceptors (Lipinski definition) is 5. The summed E-state index contributed by atoms with van der Waals surface area (Å²) in [5.41, 5.74) is 1.93. The van der Waals surface area contributed by atoms with Crippen molar-refractivity contribution in [1.82, 2.24) is 4.98 Å². The van der Waals surface area contributed by atoms with Crippen molar-refractivity contribution in [2.24, 2.45) is 5.92 Å². The third kappa shape index (κ3) is 11.2. The molecule has 1 aromatic rings. The van der Waals surface area contributed by atoms with E-state index in [0.29, 0.717) is 11.2 Å². The van der Waals surface area contributed by atoms with Crippen LogP contribution in [0, 0.1) is 12.8 Å². The number of nitrogens with one attached hydrogen (secondary N) is 1. The number of aryl methyl sites for hydroxylation is 1. The van der Waals surface area contributed by atoms with E-state index in [1.807, 2.05) is 18.7 Å². The van der Waals surface area contributed by atoms with Crippen LogP contribution in [0.4, 0.5) is 5.69 Å². The van der Waals surface area contributed by atoms with Crippen LogP contribution in [0.3, 0.4) is 0 Å². The molecule has 0 aromatic carbocycles. The van der Waals surface area contributed by atoms with Crippen LogP contribution < -0.4 is 5.32 Å². The molecular formula is C30H52N2OS3. The lowest BCUT2D eigenvalue weighted by Gasteiger charge is -2.35. The zero-order valence-electron chi connectivity index (χ0n) is 23.7. The first-order valence-electron chi connectivity index (χ1n) is 14.6. The van der Waals surface area contributed by atoms with Crippen LogP contribution in [0.2, 0.25) is 0 Å². The summed E-state index contributed by atoms with van der Waals surface area (Å²) in [4.78, 5) is 19.6. The molecule has 1 aliphatic rings. The predicted molar refractivity (Wildman–Crippen MR) is 165 cm³/mol. The van der Waals surface area contributed by atoms with Gasteiger partial charge in [-0.2, -0.15) is 0 Å². The fraction of sp³-hybridized carbons (Fsp3) is 0.800. The lowest BCUT2D eigenvalue weighted by atomic mass is 9.89. The van der Waals surface area contributed by atoms with Crippen LogP contribution in [-0.2, 0) is 4.79 Å². The Bertz CT molecular complexity index is 733. The van der Waals surface area contributed by atoms with Gasteiger partial charge in [0, 0.05) is 15.8 Å². The van der Waals surface area contributed by atoms with Crippen molar-refractivity contribution in [2.45, 2.75) is 144 Å². The normalized spacial score (nSPS) is 20.0. The molecule has 2 rings (SSSR count). The summed E-state index contributed by atoms with van der Waals surface area (Å²) in [5.74, 6) is 0.704. The number of nitrogens with zero attached hydrogens (tertiary/aromatic N) is 1. The minimum Gasteiger partial charge on any atom is -0.322 e. The number of rotatable bonds is 18. The number of pyridine rings is 1. The summed E-state index contributed by atoms with van der Waals surface area (Å²) in [6.07, 6.45) is 25.1. The molecule has 0 bridgehead atoms. The van der Waals surface area contributed by atoms with Crippen LogP contribution in [0.1, 0.15) is 122 Å². The quantitative estimate of drug-likeness (QED) is 0.145. The van der Waals surface area contributed by atoms with E-state index in [9.17, 15) is 4.79 Å². The highest BCUT2D eigenvalue weighted by atomic mass is 32.2. The molecule has 0 aliphatic carbocycles. The Hall–Kier alpha value is -0.330. The lowest BCUT2D eigenvalue weighted by Crippen LogP contribution is -2.37. The lowest BCUT2D eigenvalue weighted by molar-refractivity contribution is -0.116. The van der Waals surface area contributed by atoms with Crippen molar-refractivity contribution in [2.75, 3.05) is 17.8 Å². The van der Waals surface area contributed by atoms with Gasteiger partial charge in [0.2, 0.25) is 5.91 Å². The summed E-state index contributed by atoms with van der Waals surface area (Å²) < 4.78 is 0. The summed E-state index contributed by atoms with van der Waals surface area (Å²) in [6, 6.07) is 2.10. The highest BCUT2D eigenvalue weighted by molar-refractivity contribution is 8.01. The molecule has 3 nitrogen and oxygen atoms in total. The second-order valence-electron chi connectivity index (χ2n) is 10.5. The maximum Gasteiger partial charge on any atom is 0.237 e. The molecule has 0 saturated carbocycles. The number of amides is 1. The average molecular weight is 553 g/mol. The van der Waals surface area contributed by atoms with Gasteiger partial charge < -0.3 is 5.32 Å². The summed E-state index contributed by atoms with van der Waals surface area (Å²) >= 11 is 5.31. The topological polar surface area (TPSA) is 42.0 Å². The van der Waals surface area contributed by atoms with Gasteiger partial charge in [-0.1, -0.05) is 90.9 Å². The molecule has 1 amide bonds. The maximum absolute atomic E-state index is 13.8. The fourth-order valence-corrected chi connectivity index (χ4v) is 8.27. The number of thioether (sulfide) groups is 3. The number of unbranched alkanes of at least 4 members (excludes halogenated alkanes) is 10. The van der Waals surface area contributed by atoms with Crippen molar-refractivity contribution in [3.63, 3.8) is 0 Å². The maximum atomic E-state index is 13.8. The molecule has 206 valence electrons. The number of aromatic nitrogens is 1. The minimum atomic E-state index is 0.0604. The Kier molecular flexibility index (Phi) is 16.7. The Labute approximate surface area is 235 Å². The van der Waals surface area contributed by atoms with Gasteiger partial charge in [-0.05, 0) is 57.1 Å². The van der Waals surface area contributed by atoms with Crippen LogP contribution in [0.15, 0.2) is 16.0 Å². The zero-order valence-corrected chi connectivity index (χ0v) is 26.2. The summed E-state index contributed by atoms with van der Waals surface area (Å²) in [6.45, 7) is 6.59. The SMILES string of the molecule is CCCCCCCCC1CCC(CCCCCCCC)C(C(=O)Nc2c(SC)cc(C)nc2SC)S1. The molecule has 36 heavy (non-hydrogen) atoms. The molecule has 1 aliphatic heterocycles. The second kappa shape index (κ2) is 18.8. The minimum absolute atomic E-state index is 0.0604. The third-order valence-corrected chi connectivity index (χ3v) is 10.6. The molecule has 6 heteroatoms. The van der Waals surface area contributed by atoms with E-state index in [1.54, 1.807) is 23.5 Å². The number of anilines is 1. The van der Waals surface area contributed by atoms with Gasteiger partial charge in [-0.3, -0.25) is 4.79 Å². The molecule has 0 radical (unpaired) electrons. The van der Waals surface area contributed by atoms with E-state index in [1.165, 1.54) is 103 Å². The van der Waals surface area contributed by atoms with Gasteiger partial charge in [-0.15, -0.1) is 35.3 Å². The summed E-state index contributed by atoms with van der Waals surface area (Å²) in [7, 11) is 0. The summed E-state index contributed by atoms with van der Waals surface area (Å²) in [5, 5.41) is 5.00. The van der Waals surface area contributed by atoms with Gasteiger partial charge in [0.15, 0.2) is 0 Å². The Morgan fingerprint density at radius 2 is 1.53 bits per heavy atom. The second-order valence-corrected chi connectivity index (χ2v) is 13.6. The van der Waals surface area contributed by atoms with E-state index in [4.69, 9.17) is 4.98 Å². The molecule has 1 aromatic heterocycles. The van der Waals surface area contributed by atoms with E-state index in [2.05, 4.69) is 37.7 Å². The Morgan fingerprint density at radius 1 is 0.917 bits per heavy atom. The van der Waals surface area contributed by atoms with Crippen LogP contribution in [0.5, 0.6) is 0 Å². The van der Waals surface area contributed by atoms with E-state index in [0.717, 1.165) is 21.3 Å². The van der Waals surface area contributed by atoms with E-state index < -0.39 is 0 Å². The highest BCUT2D eigenvalue weighted by Gasteiger charge is 2.36. The Morgan fingerprint density at radius 3 is 2.14 bits per heavy atom. The van der Waals surface area contributed by atoms with Crippen molar-refractivity contribution in [1.29, 1.82) is 0 Å². The zero-order chi connectivity index (χ0) is 26.2. The van der Waals surface area contributed by atoms with Gasteiger partial charge in [0.1, 0.15) is 5.03 Å². The molecule has 0 spiro atoms. The first kappa shape index (κ1) is 31.9. The van der Waals surface area contributed by atoms with Crippen LogP contribution in [0.25, 0.3) is 0 Å². The molecule has 3 atom stereocenters. The first-order chi connectivity index (χ1) is 17.5. The van der Waals surface area contributed by atoms with Crippen molar-refractivity contribution in [3.8, 4) is 0 Å². The van der Waals surface area contributed by atoms with Crippen LogP contribution >= 0.6 is 35.3 Å². The predicted octanol–water partition coefficient (Wildman–Crippen LogP) is 10.2. The Balaban J connectivity index is 2.03. The number of carbonyl (C=O) groups is 1. The smallest absolute Gasteiger partial charge is 0.237 e. The van der Waals surface area contributed by atoms with Gasteiger partial charge >= 0.3 is 0 Å². The molecule has 1 N–H and O–H groups in total. The molecule has 1 saturated heterocycles. The third-order valence-electron chi connectivity index (χ3n) is 7.43. The molecule has 3 unspecified atom stereocenters. The van der Waals surface area contributed by atoms with E-state index in [-0.39, 0.29) is 11.2 Å². The first-order valence-corrected chi connectivity index (χ1v) is 18.0. The number of carbonyl (C=O) groups excluding carboxylic acids is 1. The highest BCUT2D eigenvalue weighted by Crippen LogP contribution is 2.42. The largest absolute Gasteiger partial charge is 0.322 e. The number of hydrogen-bond donors (Lipinski definition) is 1. The molecule has 2 heterocycles.